The van der Waals surface area contributed by atoms with Gasteiger partial charge in [-0.2, -0.15) is 0 Å². The average Bonchev–Trinajstić information content (AvgIpc) is 2.69. The number of nitrogens with zero attached hydrogens (tertiary/aromatic N) is 2. The van der Waals surface area contributed by atoms with Gasteiger partial charge in [-0.05, 0) is 18.2 Å². The summed E-state index contributed by atoms with van der Waals surface area (Å²) >= 11 is 0. The molecule has 2 N–H and O–H groups in total. The van der Waals surface area contributed by atoms with E-state index in [2.05, 4.69) is 20.6 Å². The first-order valence-corrected chi connectivity index (χ1v) is 8.44. The number of aliphatic imine (C=N–C) groups is 1. The fourth-order valence-corrected chi connectivity index (χ4v) is 2.29. The molecule has 0 atom stereocenters. The molecular weight excluding hydrogens is 332 g/mol. The fourth-order valence-electron chi connectivity index (χ4n) is 2.29. The maximum absolute atomic E-state index is 5.72. The molecule has 0 aliphatic heterocycles. The Bertz CT molecular complexity index is 707. The molecule has 140 valence electrons. The van der Waals surface area contributed by atoms with Crippen molar-refractivity contribution < 1.29 is 14.2 Å². The molecule has 0 radical (unpaired) electrons. The maximum atomic E-state index is 5.72. The molecule has 0 saturated carbocycles. The van der Waals surface area contributed by atoms with Gasteiger partial charge >= 0.3 is 0 Å². The van der Waals surface area contributed by atoms with Crippen LogP contribution in [0.2, 0.25) is 0 Å². The minimum Gasteiger partial charge on any atom is -0.493 e. The Morgan fingerprint density at radius 2 is 2.04 bits per heavy atom. The Labute approximate surface area is 154 Å². The number of hydrogen-bond acceptors (Lipinski definition) is 5. The Hall–Kier alpha value is -2.80. The van der Waals surface area contributed by atoms with Gasteiger partial charge in [0.15, 0.2) is 5.96 Å². The predicted molar refractivity (Wildman–Crippen MR) is 103 cm³/mol. The first-order chi connectivity index (χ1) is 12.8. The van der Waals surface area contributed by atoms with Crippen molar-refractivity contribution in [1.82, 2.24) is 10.3 Å². The monoisotopic (exact) mass is 358 g/mol. The van der Waals surface area contributed by atoms with Gasteiger partial charge in [0.1, 0.15) is 5.75 Å². The number of nitrogens with one attached hydrogen (secondary N) is 2. The molecule has 0 aliphatic carbocycles. The largest absolute Gasteiger partial charge is 0.493 e. The van der Waals surface area contributed by atoms with Gasteiger partial charge in [-0.1, -0.05) is 12.1 Å². The first kappa shape index (κ1) is 19.5. The van der Waals surface area contributed by atoms with Crippen LogP contribution in [0.5, 0.6) is 11.6 Å². The molecule has 26 heavy (non-hydrogen) atoms. The van der Waals surface area contributed by atoms with Gasteiger partial charge < -0.3 is 24.8 Å². The Morgan fingerprint density at radius 1 is 1.15 bits per heavy atom. The Morgan fingerprint density at radius 3 is 2.81 bits per heavy atom. The van der Waals surface area contributed by atoms with E-state index in [1.165, 1.54) is 0 Å². The van der Waals surface area contributed by atoms with E-state index in [-0.39, 0.29) is 0 Å². The van der Waals surface area contributed by atoms with Gasteiger partial charge in [0.2, 0.25) is 5.88 Å². The summed E-state index contributed by atoms with van der Waals surface area (Å²) in [5, 5.41) is 6.50. The van der Waals surface area contributed by atoms with E-state index in [1.807, 2.05) is 36.4 Å². The van der Waals surface area contributed by atoms with Gasteiger partial charge in [0, 0.05) is 57.2 Å². The van der Waals surface area contributed by atoms with E-state index < -0.39 is 0 Å². The summed E-state index contributed by atoms with van der Waals surface area (Å²) in [6.45, 7) is 1.85. The number of rotatable bonds is 9. The number of methoxy groups -OCH3 is 2. The highest BCUT2D eigenvalue weighted by Gasteiger charge is 2.05. The summed E-state index contributed by atoms with van der Waals surface area (Å²) in [6.07, 6.45) is 2.55. The zero-order valence-corrected chi connectivity index (χ0v) is 15.5. The molecule has 0 amide bonds. The number of pyridine rings is 1. The van der Waals surface area contributed by atoms with Gasteiger partial charge in [-0.3, -0.25) is 4.99 Å². The zero-order valence-electron chi connectivity index (χ0n) is 15.5. The maximum Gasteiger partial charge on any atom is 0.218 e. The molecule has 0 bridgehead atoms. The summed E-state index contributed by atoms with van der Waals surface area (Å²) in [4.78, 5) is 8.44. The molecule has 0 saturated heterocycles. The minimum absolute atomic E-state index is 0.546. The fraction of sp³-hybridized carbons (Fsp3) is 0.368. The lowest BCUT2D eigenvalue weighted by molar-refractivity contribution is 0.172. The second kappa shape index (κ2) is 10.9. The van der Waals surface area contributed by atoms with Crippen LogP contribution < -0.4 is 20.1 Å². The third-order valence-electron chi connectivity index (χ3n) is 3.57. The van der Waals surface area contributed by atoms with Crippen LogP contribution in [-0.4, -0.2) is 45.4 Å². The van der Waals surface area contributed by atoms with E-state index in [1.54, 1.807) is 27.5 Å². The third kappa shape index (κ3) is 6.25. The van der Waals surface area contributed by atoms with Crippen molar-refractivity contribution in [1.29, 1.82) is 0 Å². The summed E-state index contributed by atoms with van der Waals surface area (Å²) < 4.78 is 16.0. The molecule has 0 fully saturated rings. The van der Waals surface area contributed by atoms with Crippen LogP contribution in [0.3, 0.4) is 0 Å². The Balaban J connectivity index is 1.91. The summed E-state index contributed by atoms with van der Waals surface area (Å²) in [5.41, 5.74) is 1.84. The van der Waals surface area contributed by atoms with E-state index in [4.69, 9.17) is 14.2 Å². The highest BCUT2D eigenvalue weighted by atomic mass is 16.5. The summed E-state index contributed by atoms with van der Waals surface area (Å²) in [5.74, 6) is 2.05. The molecule has 1 aromatic carbocycles. The average molecular weight is 358 g/mol. The first-order valence-electron chi connectivity index (χ1n) is 8.44. The van der Waals surface area contributed by atoms with Crippen molar-refractivity contribution in [2.45, 2.75) is 13.0 Å². The molecule has 7 nitrogen and oxygen atoms in total. The molecular formula is C19H26N4O3. The van der Waals surface area contributed by atoms with Crippen LogP contribution in [0.4, 0.5) is 5.69 Å². The molecule has 2 aromatic rings. The summed E-state index contributed by atoms with van der Waals surface area (Å²) in [6, 6.07) is 11.6. The number of ether oxygens (including phenoxy) is 3. The molecule has 0 unspecified atom stereocenters. The number of aromatic nitrogens is 1. The molecule has 0 aliphatic rings. The quantitative estimate of drug-likeness (QED) is 0.408. The van der Waals surface area contributed by atoms with E-state index >= 15 is 0 Å². The second-order valence-electron chi connectivity index (χ2n) is 5.45. The molecule has 0 spiro atoms. The van der Waals surface area contributed by atoms with Gasteiger partial charge in [-0.15, -0.1) is 0 Å². The lowest BCUT2D eigenvalue weighted by Gasteiger charge is -2.14. The lowest BCUT2D eigenvalue weighted by Crippen LogP contribution is -2.30. The van der Waals surface area contributed by atoms with Crippen molar-refractivity contribution in [2.75, 3.05) is 39.8 Å². The molecule has 2 rings (SSSR count). The third-order valence-corrected chi connectivity index (χ3v) is 3.57. The smallest absolute Gasteiger partial charge is 0.218 e. The van der Waals surface area contributed by atoms with Crippen LogP contribution in [0.1, 0.15) is 12.0 Å². The van der Waals surface area contributed by atoms with Crippen LogP contribution in [0, 0.1) is 0 Å². The normalized spacial score (nSPS) is 11.1. The van der Waals surface area contributed by atoms with E-state index in [0.29, 0.717) is 31.6 Å². The van der Waals surface area contributed by atoms with Crippen molar-refractivity contribution in [3.8, 4) is 11.6 Å². The highest BCUT2D eigenvalue weighted by molar-refractivity contribution is 5.93. The van der Waals surface area contributed by atoms with E-state index in [0.717, 1.165) is 23.4 Å². The number of hydrogen-bond donors (Lipinski definition) is 2. The van der Waals surface area contributed by atoms with Crippen molar-refractivity contribution in [2.24, 2.45) is 4.99 Å². The van der Waals surface area contributed by atoms with Crippen LogP contribution in [0.15, 0.2) is 47.6 Å². The highest BCUT2D eigenvalue weighted by Crippen LogP contribution is 2.18. The van der Waals surface area contributed by atoms with Crippen molar-refractivity contribution >= 4 is 11.6 Å². The lowest BCUT2D eigenvalue weighted by atomic mass is 10.2. The summed E-state index contributed by atoms with van der Waals surface area (Å²) in [7, 11) is 5.02. The molecule has 1 heterocycles. The van der Waals surface area contributed by atoms with Crippen LogP contribution >= 0.6 is 0 Å². The van der Waals surface area contributed by atoms with Gasteiger partial charge in [0.25, 0.3) is 0 Å². The van der Waals surface area contributed by atoms with Crippen LogP contribution in [0.25, 0.3) is 0 Å². The van der Waals surface area contributed by atoms with E-state index in [9.17, 15) is 0 Å². The van der Waals surface area contributed by atoms with Crippen molar-refractivity contribution in [3.63, 3.8) is 0 Å². The standard InChI is InChI=1S/C19H26N4O3/c1-20-19(22-14-15-7-5-10-21-18(15)25-3)23-16-8-4-9-17(13-16)26-12-6-11-24-2/h4-5,7-10,13H,6,11-12,14H2,1-3H3,(H2,20,22,23). The number of anilines is 1. The van der Waals surface area contributed by atoms with Gasteiger partial charge in [-0.25, -0.2) is 4.98 Å². The minimum atomic E-state index is 0.546. The molecule has 7 heteroatoms. The van der Waals surface area contributed by atoms with Crippen molar-refractivity contribution in [3.05, 3.63) is 48.2 Å². The second-order valence-corrected chi connectivity index (χ2v) is 5.45. The molecule has 1 aromatic heterocycles. The number of guanidine groups is 1. The predicted octanol–water partition coefficient (Wildman–Crippen LogP) is 2.69. The van der Waals surface area contributed by atoms with Gasteiger partial charge in [0.05, 0.1) is 13.7 Å². The van der Waals surface area contributed by atoms with Crippen LogP contribution in [-0.2, 0) is 11.3 Å². The zero-order chi connectivity index (χ0) is 18.6. The SMILES string of the molecule is CN=C(NCc1cccnc1OC)Nc1cccc(OCCCOC)c1. The Kier molecular flexibility index (Phi) is 8.21. The topological polar surface area (TPSA) is 77.0 Å². The number of benzene rings is 1.